The Morgan fingerprint density at radius 3 is 2.44 bits per heavy atom. The van der Waals surface area contributed by atoms with Gasteiger partial charge in [-0.05, 0) is 92.1 Å². The molecule has 6 heteroatoms. The van der Waals surface area contributed by atoms with Gasteiger partial charge in [0.05, 0.1) is 17.8 Å². The Labute approximate surface area is 211 Å². The highest BCUT2D eigenvalue weighted by Gasteiger charge is 2.42. The minimum Gasteiger partial charge on any atom is -0.351 e. The molecule has 1 N–H and O–H groups in total. The molecule has 3 heterocycles. The summed E-state index contributed by atoms with van der Waals surface area (Å²) in [5.74, 6) is 0. The molecule has 2 atom stereocenters. The van der Waals surface area contributed by atoms with Crippen molar-refractivity contribution in [3.8, 4) is 5.69 Å². The lowest BCUT2D eigenvalue weighted by molar-refractivity contribution is 0.565. The summed E-state index contributed by atoms with van der Waals surface area (Å²) in [7, 11) is 0. The van der Waals surface area contributed by atoms with Gasteiger partial charge in [-0.3, -0.25) is 4.98 Å². The molecular formula is C28H27ClN4S. The van der Waals surface area contributed by atoms with Gasteiger partial charge in [-0.15, -0.1) is 0 Å². The minimum absolute atomic E-state index is 0.0472. The third kappa shape index (κ3) is 3.99. The molecule has 1 fully saturated rings. The molecule has 1 aliphatic heterocycles. The Bertz CT molecular complexity index is 1330. The SMILES string of the molecule is CCc1ccc(N2C(=S)N[C@@H](c3ccccn3)[C@@H]2c2cc(C)n(-c3cccc(Cl)c3)c2C)cc1. The van der Waals surface area contributed by atoms with E-state index >= 15 is 0 Å². The van der Waals surface area contributed by atoms with Crippen LogP contribution >= 0.6 is 23.8 Å². The lowest BCUT2D eigenvalue weighted by atomic mass is 9.96. The predicted molar refractivity (Wildman–Crippen MR) is 144 cm³/mol. The third-order valence-electron chi connectivity index (χ3n) is 6.58. The average Bonchev–Trinajstić information content (AvgIpc) is 3.34. The first-order valence-electron chi connectivity index (χ1n) is 11.5. The largest absolute Gasteiger partial charge is 0.351 e. The van der Waals surface area contributed by atoms with Crippen molar-refractivity contribution in [1.82, 2.24) is 14.9 Å². The fourth-order valence-electron chi connectivity index (χ4n) is 4.94. The molecule has 34 heavy (non-hydrogen) atoms. The minimum atomic E-state index is -0.0761. The van der Waals surface area contributed by atoms with Crippen LogP contribution in [-0.4, -0.2) is 14.7 Å². The number of aryl methyl sites for hydroxylation is 2. The number of thiocarbonyl (C=S) groups is 1. The highest BCUT2D eigenvalue weighted by Crippen LogP contribution is 2.43. The summed E-state index contributed by atoms with van der Waals surface area (Å²) in [5, 5.41) is 4.99. The molecule has 0 saturated carbocycles. The van der Waals surface area contributed by atoms with E-state index in [1.54, 1.807) is 0 Å². The van der Waals surface area contributed by atoms with Crippen molar-refractivity contribution in [2.45, 2.75) is 39.3 Å². The number of hydrogen-bond donors (Lipinski definition) is 1. The molecule has 4 aromatic rings. The predicted octanol–water partition coefficient (Wildman–Crippen LogP) is 6.88. The van der Waals surface area contributed by atoms with Crippen molar-refractivity contribution < 1.29 is 0 Å². The van der Waals surface area contributed by atoms with Crippen molar-refractivity contribution in [3.05, 3.63) is 112 Å². The van der Waals surface area contributed by atoms with Gasteiger partial charge in [0, 0.05) is 34.0 Å². The van der Waals surface area contributed by atoms with Crippen LogP contribution < -0.4 is 10.2 Å². The van der Waals surface area contributed by atoms with E-state index in [1.165, 1.54) is 11.1 Å². The molecule has 0 aliphatic carbocycles. The second-order valence-corrected chi connectivity index (χ2v) is 9.48. The van der Waals surface area contributed by atoms with E-state index in [1.807, 2.05) is 36.5 Å². The highest BCUT2D eigenvalue weighted by atomic mass is 35.5. The van der Waals surface area contributed by atoms with Crippen LogP contribution in [0.5, 0.6) is 0 Å². The Morgan fingerprint density at radius 1 is 0.971 bits per heavy atom. The first kappa shape index (κ1) is 22.6. The summed E-state index contributed by atoms with van der Waals surface area (Å²) < 4.78 is 2.26. The summed E-state index contributed by atoms with van der Waals surface area (Å²) in [6.07, 6.45) is 2.84. The number of aromatic nitrogens is 2. The quantitative estimate of drug-likeness (QED) is 0.311. The van der Waals surface area contributed by atoms with Crippen LogP contribution in [-0.2, 0) is 6.42 Å². The maximum absolute atomic E-state index is 6.33. The van der Waals surface area contributed by atoms with Gasteiger partial charge >= 0.3 is 0 Å². The zero-order valence-electron chi connectivity index (χ0n) is 19.5. The van der Waals surface area contributed by atoms with E-state index in [0.717, 1.165) is 39.9 Å². The normalized spacial score (nSPS) is 17.8. The Kier molecular flexibility index (Phi) is 6.15. The number of pyridine rings is 1. The van der Waals surface area contributed by atoms with Gasteiger partial charge in [0.1, 0.15) is 0 Å². The zero-order valence-corrected chi connectivity index (χ0v) is 21.1. The molecule has 0 spiro atoms. The van der Waals surface area contributed by atoms with Gasteiger partial charge in [0.2, 0.25) is 0 Å². The molecular weight excluding hydrogens is 460 g/mol. The number of anilines is 1. The molecule has 2 aromatic carbocycles. The molecule has 0 bridgehead atoms. The summed E-state index contributed by atoms with van der Waals surface area (Å²) in [6.45, 7) is 6.47. The summed E-state index contributed by atoms with van der Waals surface area (Å²) in [4.78, 5) is 6.92. The molecule has 2 aromatic heterocycles. The van der Waals surface area contributed by atoms with Crippen LogP contribution in [0.15, 0.2) is 79.0 Å². The van der Waals surface area contributed by atoms with Crippen molar-refractivity contribution in [2.75, 3.05) is 4.90 Å². The van der Waals surface area contributed by atoms with Gasteiger partial charge in [-0.1, -0.05) is 42.8 Å². The van der Waals surface area contributed by atoms with E-state index in [2.05, 4.69) is 83.0 Å². The number of benzene rings is 2. The lowest BCUT2D eigenvalue weighted by Gasteiger charge is -2.28. The summed E-state index contributed by atoms with van der Waals surface area (Å²) in [6, 6.07) is 24.8. The maximum atomic E-state index is 6.33. The Hall–Kier alpha value is -3.15. The van der Waals surface area contributed by atoms with Gasteiger partial charge in [-0.2, -0.15) is 0 Å². The second kappa shape index (κ2) is 9.24. The third-order valence-corrected chi connectivity index (χ3v) is 7.13. The maximum Gasteiger partial charge on any atom is 0.174 e. The highest BCUT2D eigenvalue weighted by molar-refractivity contribution is 7.80. The van der Waals surface area contributed by atoms with E-state index in [0.29, 0.717) is 5.11 Å². The van der Waals surface area contributed by atoms with E-state index < -0.39 is 0 Å². The zero-order chi connectivity index (χ0) is 23.8. The summed E-state index contributed by atoms with van der Waals surface area (Å²) in [5.41, 5.74) is 7.91. The number of nitrogens with one attached hydrogen (secondary N) is 1. The van der Waals surface area contributed by atoms with Crippen LogP contribution in [0.3, 0.4) is 0 Å². The molecule has 0 radical (unpaired) electrons. The van der Waals surface area contributed by atoms with Gasteiger partial charge in [0.25, 0.3) is 0 Å². The molecule has 0 amide bonds. The van der Waals surface area contributed by atoms with Crippen LogP contribution in [0.4, 0.5) is 5.69 Å². The standard InChI is InChI=1S/C28H27ClN4S/c1-4-20-11-13-22(14-12-20)33-27(26(31-28(33)34)25-10-5-6-15-30-25)24-16-18(2)32(19(24)3)23-9-7-8-21(29)17-23/h5-17,26-27H,4H2,1-3H3,(H,31,34)/t26-,27-/m0/s1. The van der Waals surface area contributed by atoms with E-state index in [9.17, 15) is 0 Å². The van der Waals surface area contributed by atoms with E-state index in [4.69, 9.17) is 23.8 Å². The molecule has 1 aliphatic rings. The van der Waals surface area contributed by atoms with Crippen molar-refractivity contribution in [3.63, 3.8) is 0 Å². The fraction of sp³-hybridized carbons (Fsp3) is 0.214. The van der Waals surface area contributed by atoms with Crippen LogP contribution in [0.1, 0.15) is 47.2 Å². The molecule has 4 nitrogen and oxygen atoms in total. The molecule has 5 rings (SSSR count). The van der Waals surface area contributed by atoms with Gasteiger partial charge in [0.15, 0.2) is 5.11 Å². The molecule has 172 valence electrons. The lowest BCUT2D eigenvalue weighted by Crippen LogP contribution is -2.29. The van der Waals surface area contributed by atoms with Crippen LogP contribution in [0, 0.1) is 13.8 Å². The monoisotopic (exact) mass is 486 g/mol. The second-order valence-electron chi connectivity index (χ2n) is 8.66. The number of nitrogens with zero attached hydrogens (tertiary/aromatic N) is 3. The van der Waals surface area contributed by atoms with Crippen molar-refractivity contribution in [2.24, 2.45) is 0 Å². The van der Waals surface area contributed by atoms with Crippen molar-refractivity contribution in [1.29, 1.82) is 0 Å². The van der Waals surface area contributed by atoms with E-state index in [-0.39, 0.29) is 12.1 Å². The van der Waals surface area contributed by atoms with Crippen molar-refractivity contribution >= 4 is 34.6 Å². The average molecular weight is 487 g/mol. The summed E-state index contributed by atoms with van der Waals surface area (Å²) >= 11 is 12.2. The number of hydrogen-bond acceptors (Lipinski definition) is 2. The van der Waals surface area contributed by atoms with Crippen LogP contribution in [0.25, 0.3) is 5.69 Å². The Morgan fingerprint density at radius 2 is 1.76 bits per heavy atom. The smallest absolute Gasteiger partial charge is 0.174 e. The van der Waals surface area contributed by atoms with Gasteiger partial charge < -0.3 is 14.8 Å². The van der Waals surface area contributed by atoms with Crippen LogP contribution in [0.2, 0.25) is 5.02 Å². The number of halogens is 1. The van der Waals surface area contributed by atoms with Gasteiger partial charge in [-0.25, -0.2) is 0 Å². The first-order chi connectivity index (χ1) is 16.5. The molecule has 1 saturated heterocycles. The molecule has 0 unspecified atom stereocenters. The topological polar surface area (TPSA) is 33.1 Å². The first-order valence-corrected chi connectivity index (χ1v) is 12.3. The number of rotatable bonds is 5. The Balaban J connectivity index is 1.67. The fourth-order valence-corrected chi connectivity index (χ4v) is 5.47.